The molecule has 72 valence electrons. The lowest BCUT2D eigenvalue weighted by Gasteiger charge is -2.04. The first-order valence-electron chi connectivity index (χ1n) is 4.17. The predicted molar refractivity (Wildman–Crippen MR) is 63.4 cm³/mol. The molecule has 0 unspecified atom stereocenters. The fourth-order valence-corrected chi connectivity index (χ4v) is 1.60. The Morgan fingerprint density at radius 1 is 1.54 bits per heavy atom. The molecule has 1 heterocycles. The molecule has 1 aromatic rings. The van der Waals surface area contributed by atoms with Crippen LogP contribution in [0.25, 0.3) is 0 Å². The highest BCUT2D eigenvalue weighted by atomic mass is 79.9. The average molecular weight is 261 g/mol. The third kappa shape index (κ3) is 4.52. The van der Waals surface area contributed by atoms with E-state index in [0.717, 1.165) is 16.8 Å². The molecule has 0 amide bonds. The molecule has 1 rings (SSSR count). The van der Waals surface area contributed by atoms with Gasteiger partial charge >= 0.3 is 0 Å². The molecule has 0 bridgehead atoms. The maximum Gasteiger partial charge on any atom is 0.106 e. The molecule has 0 aliphatic rings. The minimum Gasteiger partial charge on any atom is -0.384 e. The quantitative estimate of drug-likeness (QED) is 0.651. The molecule has 1 N–H and O–H groups in total. The van der Waals surface area contributed by atoms with E-state index in [1.807, 2.05) is 30.1 Å². The van der Waals surface area contributed by atoms with Gasteiger partial charge in [0, 0.05) is 6.54 Å². The Labute approximate surface area is 91.7 Å². The van der Waals surface area contributed by atoms with E-state index < -0.39 is 0 Å². The summed E-state index contributed by atoms with van der Waals surface area (Å²) in [4.78, 5) is 4.13. The minimum absolute atomic E-state index is 0.877. The number of hydrogen-bond acceptors (Lipinski definition) is 3. The van der Waals surface area contributed by atoms with Gasteiger partial charge in [0.05, 0.1) is 11.9 Å². The summed E-state index contributed by atoms with van der Waals surface area (Å²) in [7, 11) is 0. The summed E-state index contributed by atoms with van der Waals surface area (Å²) in [5, 5.41) is 3.31. The zero-order valence-corrected chi connectivity index (χ0v) is 9.99. The number of hydrogen-bond donors (Lipinski definition) is 1. The molecule has 1 aromatic heterocycles. The molecule has 0 atom stereocenters. The lowest BCUT2D eigenvalue weighted by Crippen LogP contribution is -2.02. The van der Waals surface area contributed by atoms with Gasteiger partial charge in [0.2, 0.25) is 0 Å². The molecule has 0 saturated carbocycles. The van der Waals surface area contributed by atoms with Crippen LogP contribution in [-0.4, -0.2) is 23.5 Å². The number of nitrogens with one attached hydrogen (secondary N) is 1. The van der Waals surface area contributed by atoms with Crippen molar-refractivity contribution in [2.75, 3.05) is 23.9 Å². The van der Waals surface area contributed by atoms with Crippen LogP contribution in [0.15, 0.2) is 22.9 Å². The van der Waals surface area contributed by atoms with Gasteiger partial charge < -0.3 is 5.32 Å². The maximum absolute atomic E-state index is 4.13. The molecule has 2 nitrogen and oxygen atoms in total. The molecule has 0 aromatic carbocycles. The predicted octanol–water partition coefficient (Wildman–Crippen LogP) is 3.01. The number of thioether (sulfide) groups is 1. The van der Waals surface area contributed by atoms with E-state index >= 15 is 0 Å². The fraction of sp³-hybridized carbons (Fsp3) is 0.444. The Balaban J connectivity index is 2.25. The second kappa shape index (κ2) is 6.27. The molecule has 0 radical (unpaired) electrons. The Bertz CT molecular complexity index is 238. The third-order valence-electron chi connectivity index (χ3n) is 1.58. The van der Waals surface area contributed by atoms with E-state index in [4.69, 9.17) is 0 Å². The number of rotatable bonds is 5. The van der Waals surface area contributed by atoms with Gasteiger partial charge in [0.25, 0.3) is 0 Å². The second-order valence-electron chi connectivity index (χ2n) is 2.64. The van der Waals surface area contributed by atoms with Crippen LogP contribution in [0.2, 0.25) is 0 Å². The number of halogens is 1. The molecule has 13 heavy (non-hydrogen) atoms. The number of aromatic nitrogens is 1. The molecule has 0 saturated heterocycles. The molecule has 0 aliphatic carbocycles. The second-order valence-corrected chi connectivity index (χ2v) is 4.44. The van der Waals surface area contributed by atoms with Crippen molar-refractivity contribution < 1.29 is 0 Å². The van der Waals surface area contributed by atoms with Crippen LogP contribution in [0.3, 0.4) is 0 Å². The molecule has 0 aliphatic heterocycles. The van der Waals surface area contributed by atoms with Gasteiger partial charge in [-0.15, -0.1) is 0 Å². The largest absolute Gasteiger partial charge is 0.384 e. The number of pyridine rings is 1. The van der Waals surface area contributed by atoms with Crippen LogP contribution >= 0.6 is 27.7 Å². The van der Waals surface area contributed by atoms with Crippen molar-refractivity contribution in [3.8, 4) is 0 Å². The Morgan fingerprint density at radius 2 is 2.38 bits per heavy atom. The van der Waals surface area contributed by atoms with Gasteiger partial charge in [-0.05, 0) is 46.5 Å². The maximum atomic E-state index is 4.13. The molecular formula is C9H13BrN2S. The molecule has 4 heteroatoms. The highest BCUT2D eigenvalue weighted by molar-refractivity contribution is 9.10. The minimum atomic E-state index is 0.877. The standard InChI is InChI=1S/C9H13BrN2S/c1-13-6-2-5-11-8-3-4-9(10)12-7-8/h3-4,7,11H,2,5-6H2,1H3. The average Bonchev–Trinajstić information content (AvgIpc) is 2.15. The van der Waals surface area contributed by atoms with Crippen LogP contribution in [0.1, 0.15) is 6.42 Å². The Morgan fingerprint density at radius 3 is 3.00 bits per heavy atom. The van der Waals surface area contributed by atoms with Gasteiger partial charge in [-0.1, -0.05) is 0 Å². The summed E-state index contributed by atoms with van der Waals surface area (Å²) >= 11 is 5.17. The van der Waals surface area contributed by atoms with Crippen LogP contribution in [-0.2, 0) is 0 Å². The van der Waals surface area contributed by atoms with E-state index in [0.29, 0.717) is 0 Å². The van der Waals surface area contributed by atoms with E-state index in [1.165, 1.54) is 12.2 Å². The van der Waals surface area contributed by atoms with Gasteiger partial charge in [-0.25, -0.2) is 4.98 Å². The van der Waals surface area contributed by atoms with E-state index in [2.05, 4.69) is 32.5 Å². The van der Waals surface area contributed by atoms with Gasteiger partial charge in [-0.2, -0.15) is 11.8 Å². The van der Waals surface area contributed by atoms with E-state index in [9.17, 15) is 0 Å². The van der Waals surface area contributed by atoms with E-state index in [1.54, 1.807) is 0 Å². The first kappa shape index (κ1) is 10.9. The summed E-state index contributed by atoms with van der Waals surface area (Å²) in [5.74, 6) is 1.21. The van der Waals surface area contributed by atoms with Crippen molar-refractivity contribution >= 4 is 33.4 Å². The summed E-state index contributed by atoms with van der Waals surface area (Å²) in [6.07, 6.45) is 5.15. The Kier molecular flexibility index (Phi) is 5.23. The van der Waals surface area contributed by atoms with Crippen molar-refractivity contribution in [2.24, 2.45) is 0 Å². The molecule has 0 spiro atoms. The van der Waals surface area contributed by atoms with Crippen molar-refractivity contribution in [3.05, 3.63) is 22.9 Å². The first-order valence-corrected chi connectivity index (χ1v) is 6.36. The fourth-order valence-electron chi connectivity index (χ4n) is 0.930. The zero-order valence-electron chi connectivity index (χ0n) is 7.59. The topological polar surface area (TPSA) is 24.9 Å². The molecular weight excluding hydrogens is 248 g/mol. The summed E-state index contributed by atoms with van der Waals surface area (Å²) in [6.45, 7) is 1.02. The summed E-state index contributed by atoms with van der Waals surface area (Å²) in [6, 6.07) is 3.97. The lowest BCUT2D eigenvalue weighted by molar-refractivity contribution is 0.990. The number of anilines is 1. The highest BCUT2D eigenvalue weighted by Crippen LogP contribution is 2.10. The first-order chi connectivity index (χ1) is 6.33. The van der Waals surface area contributed by atoms with Crippen LogP contribution in [0.5, 0.6) is 0 Å². The summed E-state index contributed by atoms with van der Waals surface area (Å²) < 4.78 is 0.877. The van der Waals surface area contributed by atoms with Crippen molar-refractivity contribution in [2.45, 2.75) is 6.42 Å². The van der Waals surface area contributed by atoms with Gasteiger partial charge in [0.15, 0.2) is 0 Å². The number of nitrogens with zero attached hydrogens (tertiary/aromatic N) is 1. The lowest BCUT2D eigenvalue weighted by atomic mass is 10.4. The van der Waals surface area contributed by atoms with Crippen LogP contribution in [0, 0.1) is 0 Å². The van der Waals surface area contributed by atoms with Gasteiger partial charge in [0.1, 0.15) is 4.60 Å². The normalized spacial score (nSPS) is 10.0. The van der Waals surface area contributed by atoms with E-state index in [-0.39, 0.29) is 0 Å². The summed E-state index contributed by atoms with van der Waals surface area (Å²) in [5.41, 5.74) is 1.09. The Hall–Kier alpha value is -0.220. The zero-order chi connectivity index (χ0) is 9.52. The monoisotopic (exact) mass is 260 g/mol. The van der Waals surface area contributed by atoms with Crippen molar-refractivity contribution in [1.29, 1.82) is 0 Å². The SMILES string of the molecule is CSCCCNc1ccc(Br)nc1. The van der Waals surface area contributed by atoms with Crippen LogP contribution < -0.4 is 5.32 Å². The third-order valence-corrected chi connectivity index (χ3v) is 2.75. The molecule has 0 fully saturated rings. The van der Waals surface area contributed by atoms with Crippen LogP contribution in [0.4, 0.5) is 5.69 Å². The van der Waals surface area contributed by atoms with Gasteiger partial charge in [-0.3, -0.25) is 0 Å². The highest BCUT2D eigenvalue weighted by Gasteiger charge is 1.91. The van der Waals surface area contributed by atoms with Crippen molar-refractivity contribution in [1.82, 2.24) is 4.98 Å². The smallest absolute Gasteiger partial charge is 0.106 e. The van der Waals surface area contributed by atoms with Crippen molar-refractivity contribution in [3.63, 3.8) is 0 Å².